The Kier molecular flexibility index (Phi) is 6.24. The zero-order valence-electron chi connectivity index (χ0n) is 18.2. The standard InChI is InChI=1S/C25H38O3/c1-17(8-6-10-20-16-22(26)28-23(20)27)12-14-24(4)19(3)13-15-25(5)18(2)9-7-11-21(24)25/h6,8,10,19-21,23,27H,2,7,9,11-16H2,1,3-5H3/b10-6+,17-8+/t19-,20?,21?,23?,24+,25+/m1/s1. The summed E-state index contributed by atoms with van der Waals surface area (Å²) >= 11 is 0. The van der Waals surface area contributed by atoms with Crippen molar-refractivity contribution < 1.29 is 14.6 Å². The minimum atomic E-state index is -0.989. The highest BCUT2D eigenvalue weighted by Crippen LogP contribution is 2.62. The van der Waals surface area contributed by atoms with Crippen molar-refractivity contribution >= 4 is 5.97 Å². The minimum Gasteiger partial charge on any atom is -0.435 e. The molecule has 28 heavy (non-hydrogen) atoms. The topological polar surface area (TPSA) is 46.5 Å². The van der Waals surface area contributed by atoms with Crippen LogP contribution >= 0.6 is 0 Å². The molecule has 0 aromatic carbocycles. The number of carbonyl (C=O) groups is 1. The lowest BCUT2D eigenvalue weighted by Gasteiger charge is -2.59. The number of aliphatic hydroxyl groups is 1. The SMILES string of the molecule is C=C1CCCC2[C@@]1(C)CC[C@@H](C)[C@]2(C)CC/C(C)=C/C=C/C1CC(=O)OC1O. The lowest BCUT2D eigenvalue weighted by molar-refractivity contribution is -0.155. The van der Waals surface area contributed by atoms with E-state index in [4.69, 9.17) is 4.74 Å². The van der Waals surface area contributed by atoms with Gasteiger partial charge in [-0.25, -0.2) is 0 Å². The molecule has 0 bridgehead atoms. The van der Waals surface area contributed by atoms with Gasteiger partial charge in [-0.2, -0.15) is 0 Å². The van der Waals surface area contributed by atoms with E-state index in [1.807, 2.05) is 12.2 Å². The predicted molar refractivity (Wildman–Crippen MR) is 113 cm³/mol. The van der Waals surface area contributed by atoms with Crippen LogP contribution in [-0.4, -0.2) is 17.4 Å². The van der Waals surface area contributed by atoms with Gasteiger partial charge in [0.05, 0.1) is 12.3 Å². The Hall–Kier alpha value is -1.35. The summed E-state index contributed by atoms with van der Waals surface area (Å²) in [5, 5.41) is 9.69. The molecule has 0 aromatic rings. The van der Waals surface area contributed by atoms with E-state index in [0.29, 0.717) is 10.8 Å². The van der Waals surface area contributed by atoms with Crippen LogP contribution < -0.4 is 0 Å². The first kappa shape index (κ1) is 21.4. The molecule has 0 amide bonds. The van der Waals surface area contributed by atoms with E-state index in [0.717, 1.165) is 18.3 Å². The molecule has 1 aliphatic heterocycles. The average molecular weight is 387 g/mol. The molecular weight excluding hydrogens is 348 g/mol. The number of hydrogen-bond donors (Lipinski definition) is 1. The van der Waals surface area contributed by atoms with Gasteiger partial charge in [0.25, 0.3) is 0 Å². The summed E-state index contributed by atoms with van der Waals surface area (Å²) in [6, 6.07) is 0. The van der Waals surface area contributed by atoms with Crippen molar-refractivity contribution in [3.05, 3.63) is 36.0 Å². The van der Waals surface area contributed by atoms with Gasteiger partial charge in [0.1, 0.15) is 0 Å². The van der Waals surface area contributed by atoms with Crippen molar-refractivity contribution in [1.82, 2.24) is 0 Å². The number of fused-ring (bicyclic) bond motifs is 1. The third kappa shape index (κ3) is 4.01. The van der Waals surface area contributed by atoms with Crippen molar-refractivity contribution in [3.8, 4) is 0 Å². The quantitative estimate of drug-likeness (QED) is 0.361. The third-order valence-electron chi connectivity index (χ3n) is 8.38. The summed E-state index contributed by atoms with van der Waals surface area (Å²) in [4.78, 5) is 11.2. The number of hydrogen-bond acceptors (Lipinski definition) is 3. The van der Waals surface area contributed by atoms with Crippen molar-refractivity contribution in [3.63, 3.8) is 0 Å². The molecule has 1 saturated heterocycles. The summed E-state index contributed by atoms with van der Waals surface area (Å²) in [6.07, 6.45) is 14.0. The molecule has 3 unspecified atom stereocenters. The molecule has 3 fully saturated rings. The summed E-state index contributed by atoms with van der Waals surface area (Å²) in [5.74, 6) is 0.947. The molecular formula is C25H38O3. The third-order valence-corrected chi connectivity index (χ3v) is 8.38. The predicted octanol–water partition coefficient (Wildman–Crippen LogP) is 5.95. The summed E-state index contributed by atoms with van der Waals surface area (Å²) in [6.45, 7) is 14.1. The number of aliphatic hydroxyl groups excluding tert-OH is 1. The van der Waals surface area contributed by atoms with Crippen molar-refractivity contribution in [2.24, 2.45) is 28.6 Å². The first-order chi connectivity index (χ1) is 13.2. The van der Waals surface area contributed by atoms with Gasteiger partial charge >= 0.3 is 5.97 Å². The van der Waals surface area contributed by atoms with Gasteiger partial charge in [-0.15, -0.1) is 0 Å². The molecule has 2 saturated carbocycles. The first-order valence-electron chi connectivity index (χ1n) is 11.1. The highest BCUT2D eigenvalue weighted by Gasteiger charge is 2.53. The first-order valence-corrected chi connectivity index (χ1v) is 11.1. The van der Waals surface area contributed by atoms with Crippen LogP contribution in [0.25, 0.3) is 0 Å². The number of allylic oxidation sites excluding steroid dienone is 4. The van der Waals surface area contributed by atoms with Crippen LogP contribution in [-0.2, 0) is 9.53 Å². The van der Waals surface area contributed by atoms with Crippen LogP contribution in [0.4, 0.5) is 0 Å². The number of cyclic esters (lactones) is 1. The maximum atomic E-state index is 11.2. The number of rotatable bonds is 5. The number of esters is 1. The van der Waals surface area contributed by atoms with Crippen LogP contribution in [0.5, 0.6) is 0 Å². The van der Waals surface area contributed by atoms with Gasteiger partial charge in [-0.3, -0.25) is 4.79 Å². The molecule has 6 atom stereocenters. The van der Waals surface area contributed by atoms with E-state index in [-0.39, 0.29) is 18.3 Å². The molecule has 3 aliphatic rings. The normalized spacial score (nSPS) is 42.0. The van der Waals surface area contributed by atoms with E-state index in [1.165, 1.54) is 49.7 Å². The van der Waals surface area contributed by atoms with Crippen LogP contribution in [0.15, 0.2) is 36.0 Å². The molecule has 156 valence electrons. The van der Waals surface area contributed by atoms with Gasteiger partial charge in [-0.1, -0.05) is 56.7 Å². The molecule has 0 radical (unpaired) electrons. The van der Waals surface area contributed by atoms with E-state index in [2.05, 4.69) is 40.3 Å². The lowest BCUT2D eigenvalue weighted by Crippen LogP contribution is -2.50. The largest absolute Gasteiger partial charge is 0.435 e. The zero-order valence-corrected chi connectivity index (χ0v) is 18.2. The zero-order chi connectivity index (χ0) is 20.5. The van der Waals surface area contributed by atoms with E-state index < -0.39 is 6.29 Å². The Labute approximate surface area is 170 Å². The molecule has 0 spiro atoms. The second kappa shape index (κ2) is 8.18. The van der Waals surface area contributed by atoms with Crippen LogP contribution in [0.1, 0.15) is 79.1 Å². The molecule has 3 heteroatoms. The van der Waals surface area contributed by atoms with Crippen LogP contribution in [0.3, 0.4) is 0 Å². The Bertz CT molecular complexity index is 675. The number of ether oxygens (including phenoxy) is 1. The van der Waals surface area contributed by atoms with Crippen molar-refractivity contribution in [1.29, 1.82) is 0 Å². The van der Waals surface area contributed by atoms with Gasteiger partial charge in [-0.05, 0) is 74.5 Å². The monoisotopic (exact) mass is 386 g/mol. The molecule has 3 nitrogen and oxygen atoms in total. The van der Waals surface area contributed by atoms with Crippen molar-refractivity contribution in [2.75, 3.05) is 0 Å². The van der Waals surface area contributed by atoms with Crippen molar-refractivity contribution in [2.45, 2.75) is 85.4 Å². The molecule has 0 aromatic heterocycles. The maximum absolute atomic E-state index is 11.2. The van der Waals surface area contributed by atoms with Gasteiger partial charge in [0.2, 0.25) is 6.29 Å². The molecule has 1 heterocycles. The van der Waals surface area contributed by atoms with E-state index in [9.17, 15) is 9.90 Å². The summed E-state index contributed by atoms with van der Waals surface area (Å²) < 4.78 is 4.79. The fourth-order valence-corrected chi connectivity index (χ4v) is 6.03. The maximum Gasteiger partial charge on any atom is 0.308 e. The smallest absolute Gasteiger partial charge is 0.308 e. The number of carbonyl (C=O) groups excluding carboxylic acids is 1. The van der Waals surface area contributed by atoms with E-state index in [1.54, 1.807) is 0 Å². The average Bonchev–Trinajstić information content (AvgIpc) is 2.96. The van der Waals surface area contributed by atoms with Crippen LogP contribution in [0.2, 0.25) is 0 Å². The Morgan fingerprint density at radius 3 is 2.79 bits per heavy atom. The van der Waals surface area contributed by atoms with Gasteiger partial charge in [0.15, 0.2) is 0 Å². The van der Waals surface area contributed by atoms with E-state index >= 15 is 0 Å². The highest BCUT2D eigenvalue weighted by atomic mass is 16.6. The summed E-state index contributed by atoms with van der Waals surface area (Å²) in [5.41, 5.74) is 3.52. The van der Waals surface area contributed by atoms with Crippen LogP contribution in [0, 0.1) is 28.6 Å². The molecule has 3 rings (SSSR count). The Balaban J connectivity index is 1.64. The summed E-state index contributed by atoms with van der Waals surface area (Å²) in [7, 11) is 0. The Morgan fingerprint density at radius 1 is 1.36 bits per heavy atom. The molecule has 1 N–H and O–H groups in total. The Morgan fingerprint density at radius 2 is 2.11 bits per heavy atom. The fourth-order valence-electron chi connectivity index (χ4n) is 6.03. The highest BCUT2D eigenvalue weighted by molar-refractivity contribution is 5.72. The second-order valence-corrected chi connectivity index (χ2v) is 10.1. The minimum absolute atomic E-state index is 0.221. The van der Waals surface area contributed by atoms with Gasteiger partial charge < -0.3 is 9.84 Å². The lowest BCUT2D eigenvalue weighted by atomic mass is 9.46. The molecule has 2 aliphatic carbocycles. The second-order valence-electron chi connectivity index (χ2n) is 10.1. The van der Waals surface area contributed by atoms with Gasteiger partial charge in [0, 0.05) is 0 Å². The fraction of sp³-hybridized carbons (Fsp3) is 0.720.